The van der Waals surface area contributed by atoms with Crippen molar-refractivity contribution in [1.82, 2.24) is 5.32 Å². The molecule has 1 N–H and O–H groups in total. The lowest BCUT2D eigenvalue weighted by atomic mass is 10.1. The highest BCUT2D eigenvalue weighted by atomic mass is 16.5. The van der Waals surface area contributed by atoms with Gasteiger partial charge in [-0.1, -0.05) is 30.3 Å². The first-order valence-corrected chi connectivity index (χ1v) is 5.92. The summed E-state index contributed by atoms with van der Waals surface area (Å²) in [7, 11) is 0. The molecule has 0 bridgehead atoms. The summed E-state index contributed by atoms with van der Waals surface area (Å²) >= 11 is 0. The van der Waals surface area contributed by atoms with Crippen molar-refractivity contribution in [2.75, 3.05) is 13.2 Å². The van der Waals surface area contributed by atoms with Crippen molar-refractivity contribution in [3.63, 3.8) is 0 Å². The second-order valence-corrected chi connectivity index (χ2v) is 4.35. The molecular formula is C13H16N2O. The van der Waals surface area contributed by atoms with Crippen LogP contribution in [0.25, 0.3) is 0 Å². The number of benzene rings is 1. The van der Waals surface area contributed by atoms with Crippen LogP contribution in [0.15, 0.2) is 35.3 Å². The van der Waals surface area contributed by atoms with E-state index in [0.29, 0.717) is 12.6 Å². The minimum atomic E-state index is 0.193. The molecule has 16 heavy (non-hydrogen) atoms. The largest absolute Gasteiger partial charge is 0.477 e. The van der Waals surface area contributed by atoms with Crippen molar-refractivity contribution >= 4 is 5.90 Å². The van der Waals surface area contributed by atoms with E-state index in [1.807, 2.05) is 6.07 Å². The first-order valence-electron chi connectivity index (χ1n) is 5.92. The highest BCUT2D eigenvalue weighted by Crippen LogP contribution is 2.24. The summed E-state index contributed by atoms with van der Waals surface area (Å²) in [6.45, 7) is 1.78. The van der Waals surface area contributed by atoms with Crippen LogP contribution in [0.5, 0.6) is 0 Å². The average Bonchev–Trinajstić information content (AvgIpc) is 3.01. The lowest BCUT2D eigenvalue weighted by Gasteiger charge is -2.08. The summed E-state index contributed by atoms with van der Waals surface area (Å²) in [5.74, 6) is 0.909. The smallest absolute Gasteiger partial charge is 0.201 e. The predicted octanol–water partition coefficient (Wildman–Crippen LogP) is 1.91. The molecule has 0 aromatic heterocycles. The number of aliphatic imine (C=N–C) groups is 1. The van der Waals surface area contributed by atoms with Crippen molar-refractivity contribution in [2.24, 2.45) is 4.99 Å². The van der Waals surface area contributed by atoms with Crippen LogP contribution < -0.4 is 5.32 Å². The Morgan fingerprint density at radius 2 is 2.12 bits per heavy atom. The second kappa shape index (κ2) is 4.26. The lowest BCUT2D eigenvalue weighted by Crippen LogP contribution is -2.30. The molecule has 3 nitrogen and oxygen atoms in total. The van der Waals surface area contributed by atoms with Crippen LogP contribution in [0.2, 0.25) is 0 Å². The molecule has 3 heteroatoms. The van der Waals surface area contributed by atoms with E-state index < -0.39 is 0 Å². The SMILES string of the molecule is c1ccc(C2COC(C3CCCN3)=N2)cc1. The second-order valence-electron chi connectivity index (χ2n) is 4.35. The van der Waals surface area contributed by atoms with E-state index >= 15 is 0 Å². The van der Waals surface area contributed by atoms with Crippen molar-refractivity contribution in [1.29, 1.82) is 0 Å². The fourth-order valence-electron chi connectivity index (χ4n) is 2.32. The van der Waals surface area contributed by atoms with Gasteiger partial charge in [0, 0.05) is 0 Å². The minimum Gasteiger partial charge on any atom is -0.477 e. The van der Waals surface area contributed by atoms with Crippen LogP contribution in [0, 0.1) is 0 Å². The van der Waals surface area contributed by atoms with Gasteiger partial charge < -0.3 is 10.1 Å². The fraction of sp³-hybridized carbons (Fsp3) is 0.462. The molecule has 2 aliphatic rings. The van der Waals surface area contributed by atoms with Gasteiger partial charge in [-0.05, 0) is 24.9 Å². The van der Waals surface area contributed by atoms with Crippen molar-refractivity contribution in [3.05, 3.63) is 35.9 Å². The van der Waals surface area contributed by atoms with Gasteiger partial charge in [-0.2, -0.15) is 0 Å². The molecule has 0 saturated carbocycles. The van der Waals surface area contributed by atoms with Gasteiger partial charge in [-0.25, -0.2) is 4.99 Å². The zero-order valence-corrected chi connectivity index (χ0v) is 9.23. The number of ether oxygens (including phenoxy) is 1. The van der Waals surface area contributed by atoms with E-state index in [2.05, 4.69) is 34.6 Å². The molecule has 2 atom stereocenters. The molecule has 1 aromatic rings. The molecule has 2 unspecified atom stereocenters. The van der Waals surface area contributed by atoms with E-state index in [4.69, 9.17) is 4.74 Å². The van der Waals surface area contributed by atoms with E-state index in [1.165, 1.54) is 12.0 Å². The van der Waals surface area contributed by atoms with Crippen LogP contribution >= 0.6 is 0 Å². The number of rotatable bonds is 2. The Balaban J connectivity index is 1.75. The Kier molecular flexibility index (Phi) is 2.62. The Hall–Kier alpha value is -1.35. The maximum absolute atomic E-state index is 5.69. The third-order valence-corrected chi connectivity index (χ3v) is 3.21. The molecule has 2 aliphatic heterocycles. The van der Waals surface area contributed by atoms with Gasteiger partial charge in [0.2, 0.25) is 5.90 Å². The van der Waals surface area contributed by atoms with Crippen molar-refractivity contribution in [3.8, 4) is 0 Å². The van der Waals surface area contributed by atoms with Gasteiger partial charge >= 0.3 is 0 Å². The predicted molar refractivity (Wildman–Crippen MR) is 63.6 cm³/mol. The highest BCUT2D eigenvalue weighted by molar-refractivity contribution is 5.83. The zero-order valence-electron chi connectivity index (χ0n) is 9.23. The molecule has 0 aliphatic carbocycles. The van der Waals surface area contributed by atoms with Gasteiger partial charge in [0.1, 0.15) is 12.6 Å². The molecule has 1 saturated heterocycles. The maximum Gasteiger partial charge on any atom is 0.201 e. The van der Waals surface area contributed by atoms with Crippen LogP contribution in [0.4, 0.5) is 0 Å². The molecule has 0 radical (unpaired) electrons. The average molecular weight is 216 g/mol. The molecule has 0 spiro atoms. The summed E-state index contributed by atoms with van der Waals surface area (Å²) < 4.78 is 5.69. The number of hydrogen-bond acceptors (Lipinski definition) is 3. The standard InChI is InChI=1S/C13H16N2O/c1-2-5-10(6-3-1)12-9-16-13(15-12)11-7-4-8-14-11/h1-3,5-6,11-12,14H,4,7-9H2. The third-order valence-electron chi connectivity index (χ3n) is 3.21. The summed E-state index contributed by atoms with van der Waals surface area (Å²) in [6.07, 6.45) is 2.38. The van der Waals surface area contributed by atoms with Crippen molar-refractivity contribution in [2.45, 2.75) is 24.9 Å². The first-order chi connectivity index (χ1) is 7.93. The van der Waals surface area contributed by atoms with E-state index in [1.54, 1.807) is 0 Å². The quantitative estimate of drug-likeness (QED) is 0.819. The Labute approximate surface area is 95.5 Å². The lowest BCUT2D eigenvalue weighted by molar-refractivity contribution is 0.304. The molecule has 2 heterocycles. The molecule has 84 valence electrons. The Morgan fingerprint density at radius 3 is 2.88 bits per heavy atom. The van der Waals surface area contributed by atoms with Gasteiger partial charge in [-0.15, -0.1) is 0 Å². The summed E-state index contributed by atoms with van der Waals surface area (Å²) in [6, 6.07) is 10.9. The van der Waals surface area contributed by atoms with Gasteiger partial charge in [0.25, 0.3) is 0 Å². The first kappa shape index (κ1) is 9.85. The Bertz CT molecular complexity index is 382. The Morgan fingerprint density at radius 1 is 1.25 bits per heavy atom. The van der Waals surface area contributed by atoms with Gasteiger partial charge in [0.15, 0.2) is 0 Å². The van der Waals surface area contributed by atoms with Crippen LogP contribution in [0.3, 0.4) is 0 Å². The molecular weight excluding hydrogens is 200 g/mol. The van der Waals surface area contributed by atoms with Gasteiger partial charge in [0.05, 0.1) is 6.04 Å². The monoisotopic (exact) mass is 216 g/mol. The number of nitrogens with one attached hydrogen (secondary N) is 1. The molecule has 3 rings (SSSR count). The fourth-order valence-corrected chi connectivity index (χ4v) is 2.32. The van der Waals surface area contributed by atoms with Crippen molar-refractivity contribution < 1.29 is 4.74 Å². The number of nitrogens with zero attached hydrogens (tertiary/aromatic N) is 1. The van der Waals surface area contributed by atoms with Crippen LogP contribution in [-0.4, -0.2) is 25.1 Å². The van der Waals surface area contributed by atoms with E-state index in [-0.39, 0.29) is 6.04 Å². The number of hydrogen-bond donors (Lipinski definition) is 1. The van der Waals surface area contributed by atoms with Crippen LogP contribution in [0.1, 0.15) is 24.4 Å². The third kappa shape index (κ3) is 1.83. The molecule has 0 amide bonds. The summed E-state index contributed by atoms with van der Waals surface area (Å²) in [4.78, 5) is 4.67. The summed E-state index contributed by atoms with van der Waals surface area (Å²) in [5, 5.41) is 3.41. The minimum absolute atomic E-state index is 0.193. The topological polar surface area (TPSA) is 33.6 Å². The molecule has 1 aromatic carbocycles. The van der Waals surface area contributed by atoms with Gasteiger partial charge in [-0.3, -0.25) is 0 Å². The van der Waals surface area contributed by atoms with E-state index in [9.17, 15) is 0 Å². The van der Waals surface area contributed by atoms with Crippen LogP contribution in [-0.2, 0) is 4.74 Å². The molecule has 1 fully saturated rings. The highest BCUT2D eigenvalue weighted by Gasteiger charge is 2.28. The maximum atomic E-state index is 5.69. The summed E-state index contributed by atoms with van der Waals surface area (Å²) in [5.41, 5.74) is 1.25. The van der Waals surface area contributed by atoms with E-state index in [0.717, 1.165) is 18.9 Å². The normalized spacial score (nSPS) is 28.9. The zero-order chi connectivity index (χ0) is 10.8.